The zero-order valence-electron chi connectivity index (χ0n) is 13.8. The number of nitrogens with two attached hydrogens (primary N) is 1. The number of fused-ring (bicyclic) bond motifs is 2. The molecular formula is C20H23N3O. The van der Waals surface area contributed by atoms with E-state index in [0.717, 1.165) is 37.2 Å². The third-order valence-electron chi connectivity index (χ3n) is 5.52. The van der Waals surface area contributed by atoms with Gasteiger partial charge in [-0.15, -0.1) is 0 Å². The van der Waals surface area contributed by atoms with Crippen LogP contribution in [0.2, 0.25) is 0 Å². The van der Waals surface area contributed by atoms with Crippen molar-refractivity contribution in [3.05, 3.63) is 65.7 Å². The second-order valence-electron chi connectivity index (χ2n) is 6.78. The van der Waals surface area contributed by atoms with Crippen LogP contribution in [0.4, 0.5) is 5.69 Å². The Balaban J connectivity index is 1.70. The Labute approximate surface area is 142 Å². The largest absolute Gasteiger partial charge is 0.318 e. The smallest absolute Gasteiger partial charge is 0.238 e. The summed E-state index contributed by atoms with van der Waals surface area (Å²) >= 11 is 0. The summed E-state index contributed by atoms with van der Waals surface area (Å²) in [5.74, 6) is 0.254. The number of anilines is 1. The maximum absolute atomic E-state index is 13.4. The molecule has 1 amide bonds. The van der Waals surface area contributed by atoms with E-state index in [1.165, 1.54) is 5.56 Å². The van der Waals surface area contributed by atoms with Gasteiger partial charge < -0.3 is 10.6 Å². The summed E-state index contributed by atoms with van der Waals surface area (Å²) in [6, 6.07) is 18.5. The van der Waals surface area contributed by atoms with Crippen molar-refractivity contribution in [1.29, 1.82) is 0 Å². The molecule has 0 atom stereocenters. The summed E-state index contributed by atoms with van der Waals surface area (Å²) in [5, 5.41) is 0. The van der Waals surface area contributed by atoms with Crippen molar-refractivity contribution in [2.45, 2.75) is 24.8 Å². The van der Waals surface area contributed by atoms with Crippen molar-refractivity contribution in [1.82, 2.24) is 4.90 Å². The molecule has 0 saturated carbocycles. The van der Waals surface area contributed by atoms with Gasteiger partial charge in [-0.1, -0.05) is 48.5 Å². The third-order valence-corrected chi connectivity index (χ3v) is 5.52. The molecule has 0 aromatic heterocycles. The van der Waals surface area contributed by atoms with E-state index in [-0.39, 0.29) is 11.3 Å². The molecule has 124 valence electrons. The monoisotopic (exact) mass is 321 g/mol. The van der Waals surface area contributed by atoms with Crippen LogP contribution in [-0.4, -0.2) is 30.6 Å². The summed E-state index contributed by atoms with van der Waals surface area (Å²) < 4.78 is 0. The number of nitrogens with zero attached hydrogens (tertiary/aromatic N) is 2. The van der Waals surface area contributed by atoms with E-state index in [1.807, 2.05) is 29.2 Å². The molecule has 4 heteroatoms. The highest BCUT2D eigenvalue weighted by atomic mass is 16.2. The Morgan fingerprint density at radius 2 is 1.62 bits per heavy atom. The third kappa shape index (κ3) is 2.34. The first-order valence-electron chi connectivity index (χ1n) is 8.62. The fourth-order valence-corrected chi connectivity index (χ4v) is 4.12. The molecule has 2 aliphatic heterocycles. The second kappa shape index (κ2) is 6.04. The minimum atomic E-state index is -0.364. The topological polar surface area (TPSA) is 49.6 Å². The summed E-state index contributed by atoms with van der Waals surface area (Å²) in [6.07, 6.45) is 1.71. The van der Waals surface area contributed by atoms with Crippen LogP contribution in [0.3, 0.4) is 0 Å². The van der Waals surface area contributed by atoms with Gasteiger partial charge in [0.05, 0.1) is 12.0 Å². The summed E-state index contributed by atoms with van der Waals surface area (Å²) in [6.45, 7) is 2.98. The summed E-state index contributed by atoms with van der Waals surface area (Å²) in [4.78, 5) is 17.6. The average Bonchev–Trinajstić information content (AvgIpc) is 2.87. The first kappa shape index (κ1) is 15.4. The molecule has 4 nitrogen and oxygen atoms in total. The maximum atomic E-state index is 13.4. The number of piperidine rings is 1. The van der Waals surface area contributed by atoms with Gasteiger partial charge in [0, 0.05) is 25.4 Å². The van der Waals surface area contributed by atoms with Crippen LogP contribution in [0.5, 0.6) is 0 Å². The predicted molar refractivity (Wildman–Crippen MR) is 95.6 cm³/mol. The SMILES string of the molecule is NCN1CCC2(CC1)C(=O)N(Cc1ccccc1)c1ccccc12. The summed E-state index contributed by atoms with van der Waals surface area (Å²) in [5.41, 5.74) is 8.85. The molecule has 1 spiro atoms. The maximum Gasteiger partial charge on any atom is 0.238 e. The first-order valence-corrected chi connectivity index (χ1v) is 8.62. The number of rotatable bonds is 3. The molecule has 2 heterocycles. The zero-order chi connectivity index (χ0) is 16.6. The van der Waals surface area contributed by atoms with Crippen molar-refractivity contribution >= 4 is 11.6 Å². The van der Waals surface area contributed by atoms with Gasteiger partial charge in [0.2, 0.25) is 5.91 Å². The van der Waals surface area contributed by atoms with Crippen molar-refractivity contribution in [2.24, 2.45) is 5.73 Å². The van der Waals surface area contributed by atoms with E-state index >= 15 is 0 Å². The fraction of sp³-hybridized carbons (Fsp3) is 0.350. The Kier molecular flexibility index (Phi) is 3.87. The molecule has 1 saturated heterocycles. The molecule has 2 aromatic carbocycles. The summed E-state index contributed by atoms with van der Waals surface area (Å²) in [7, 11) is 0. The zero-order valence-corrected chi connectivity index (χ0v) is 13.8. The van der Waals surface area contributed by atoms with E-state index in [0.29, 0.717) is 13.2 Å². The van der Waals surface area contributed by atoms with E-state index < -0.39 is 0 Å². The van der Waals surface area contributed by atoms with Crippen LogP contribution in [-0.2, 0) is 16.8 Å². The van der Waals surface area contributed by atoms with Crippen LogP contribution < -0.4 is 10.6 Å². The number of amides is 1. The highest BCUT2D eigenvalue weighted by Gasteiger charge is 2.51. The average molecular weight is 321 g/mol. The van der Waals surface area contributed by atoms with Crippen molar-refractivity contribution in [3.63, 3.8) is 0 Å². The van der Waals surface area contributed by atoms with Crippen molar-refractivity contribution in [3.8, 4) is 0 Å². The van der Waals surface area contributed by atoms with Crippen LogP contribution in [0.1, 0.15) is 24.0 Å². The van der Waals surface area contributed by atoms with Crippen molar-refractivity contribution in [2.75, 3.05) is 24.7 Å². The van der Waals surface area contributed by atoms with Gasteiger partial charge >= 0.3 is 0 Å². The number of carbonyl (C=O) groups is 1. The Hall–Kier alpha value is -2.17. The number of carbonyl (C=O) groups excluding carboxylic acids is 1. The quantitative estimate of drug-likeness (QED) is 0.945. The van der Waals surface area contributed by atoms with Crippen LogP contribution in [0.15, 0.2) is 54.6 Å². The lowest BCUT2D eigenvalue weighted by atomic mass is 9.74. The molecule has 0 bridgehead atoms. The van der Waals surface area contributed by atoms with E-state index in [9.17, 15) is 4.79 Å². The molecule has 2 aromatic rings. The van der Waals surface area contributed by atoms with Crippen molar-refractivity contribution < 1.29 is 4.79 Å². The molecule has 0 unspecified atom stereocenters. The van der Waals surface area contributed by atoms with Gasteiger partial charge in [-0.3, -0.25) is 9.69 Å². The van der Waals surface area contributed by atoms with E-state index in [4.69, 9.17) is 5.73 Å². The minimum absolute atomic E-state index is 0.254. The number of likely N-dealkylation sites (tertiary alicyclic amines) is 1. The standard InChI is InChI=1S/C20H23N3O/c21-15-22-12-10-20(11-13-22)17-8-4-5-9-18(17)23(19(20)24)14-16-6-2-1-3-7-16/h1-9H,10-15,21H2. The molecule has 1 fully saturated rings. The normalized spacial score (nSPS) is 19.7. The molecule has 0 aliphatic carbocycles. The van der Waals surface area contributed by atoms with Crippen LogP contribution in [0.25, 0.3) is 0 Å². The lowest BCUT2D eigenvalue weighted by molar-refractivity contribution is -0.125. The number of para-hydroxylation sites is 1. The first-order chi connectivity index (χ1) is 11.7. The Bertz CT molecular complexity index is 736. The van der Waals surface area contributed by atoms with Gasteiger partial charge in [-0.2, -0.15) is 0 Å². The lowest BCUT2D eigenvalue weighted by Crippen LogP contribution is -2.49. The highest BCUT2D eigenvalue weighted by Crippen LogP contribution is 2.48. The molecule has 2 aliphatic rings. The minimum Gasteiger partial charge on any atom is -0.318 e. The fourth-order valence-electron chi connectivity index (χ4n) is 4.12. The second-order valence-corrected chi connectivity index (χ2v) is 6.78. The van der Waals surface area contributed by atoms with Crippen LogP contribution >= 0.6 is 0 Å². The molecule has 2 N–H and O–H groups in total. The van der Waals surface area contributed by atoms with Gasteiger partial charge in [0.1, 0.15) is 0 Å². The van der Waals surface area contributed by atoms with Gasteiger partial charge in [-0.05, 0) is 30.0 Å². The van der Waals surface area contributed by atoms with Gasteiger partial charge in [0.15, 0.2) is 0 Å². The number of benzene rings is 2. The van der Waals surface area contributed by atoms with E-state index in [1.54, 1.807) is 0 Å². The molecule has 0 radical (unpaired) electrons. The predicted octanol–water partition coefficient (Wildman–Crippen LogP) is 2.48. The number of hydrogen-bond donors (Lipinski definition) is 1. The Morgan fingerprint density at radius 1 is 0.958 bits per heavy atom. The lowest BCUT2D eigenvalue weighted by Gasteiger charge is -2.38. The number of hydrogen-bond acceptors (Lipinski definition) is 3. The molecule has 24 heavy (non-hydrogen) atoms. The van der Waals surface area contributed by atoms with Crippen LogP contribution in [0, 0.1) is 0 Å². The van der Waals surface area contributed by atoms with E-state index in [2.05, 4.69) is 35.2 Å². The highest BCUT2D eigenvalue weighted by molar-refractivity contribution is 6.08. The molecule has 4 rings (SSSR count). The van der Waals surface area contributed by atoms with Gasteiger partial charge in [-0.25, -0.2) is 0 Å². The Morgan fingerprint density at radius 3 is 2.33 bits per heavy atom. The van der Waals surface area contributed by atoms with Gasteiger partial charge in [0.25, 0.3) is 0 Å². The molecular weight excluding hydrogens is 298 g/mol.